The molecular formula is C18H23N5O. The smallest absolute Gasteiger partial charge is 0.273 e. The highest BCUT2D eigenvalue weighted by molar-refractivity contribution is 5.96. The van der Waals surface area contributed by atoms with E-state index in [2.05, 4.69) is 51.4 Å². The van der Waals surface area contributed by atoms with Crippen LogP contribution in [0.5, 0.6) is 0 Å². The number of nitrogens with two attached hydrogens (primary N) is 1. The number of hydrogen-bond acceptors (Lipinski definition) is 5. The summed E-state index contributed by atoms with van der Waals surface area (Å²) in [6.07, 6.45) is 4.98. The van der Waals surface area contributed by atoms with Crippen LogP contribution in [0, 0.1) is 0 Å². The highest BCUT2D eigenvalue weighted by atomic mass is 16.1. The van der Waals surface area contributed by atoms with Crippen molar-refractivity contribution in [3.8, 4) is 0 Å². The third-order valence-corrected chi connectivity index (χ3v) is 4.59. The van der Waals surface area contributed by atoms with Gasteiger partial charge in [0.2, 0.25) is 0 Å². The first-order valence-corrected chi connectivity index (χ1v) is 8.34. The molecule has 0 unspecified atom stereocenters. The van der Waals surface area contributed by atoms with E-state index in [1.165, 1.54) is 23.5 Å². The van der Waals surface area contributed by atoms with Gasteiger partial charge < -0.3 is 11.1 Å². The summed E-state index contributed by atoms with van der Waals surface area (Å²) in [5, 5.41) is 2.95. The summed E-state index contributed by atoms with van der Waals surface area (Å²) in [4.78, 5) is 22.6. The SMILES string of the molecule is CC[C@H](CNC(=O)c1nccnc1N)N1CCc2ccccc2C1. The maximum Gasteiger partial charge on any atom is 0.273 e. The predicted molar refractivity (Wildman–Crippen MR) is 93.4 cm³/mol. The van der Waals surface area contributed by atoms with Gasteiger partial charge in [0.1, 0.15) is 0 Å². The Balaban J connectivity index is 1.62. The van der Waals surface area contributed by atoms with Crippen molar-refractivity contribution >= 4 is 11.7 Å². The Morgan fingerprint density at radius 2 is 2.04 bits per heavy atom. The molecule has 1 aliphatic heterocycles. The van der Waals surface area contributed by atoms with Gasteiger partial charge in [-0.2, -0.15) is 0 Å². The Morgan fingerprint density at radius 3 is 2.79 bits per heavy atom. The summed E-state index contributed by atoms with van der Waals surface area (Å²) in [6.45, 7) is 4.66. The number of carbonyl (C=O) groups is 1. The second-order valence-electron chi connectivity index (χ2n) is 6.05. The van der Waals surface area contributed by atoms with Crippen LogP contribution >= 0.6 is 0 Å². The zero-order valence-corrected chi connectivity index (χ0v) is 13.9. The van der Waals surface area contributed by atoms with Crippen LogP contribution in [0.4, 0.5) is 5.82 Å². The average molecular weight is 325 g/mol. The van der Waals surface area contributed by atoms with Crippen LogP contribution in [-0.2, 0) is 13.0 Å². The predicted octanol–water partition coefficient (Wildman–Crippen LogP) is 1.63. The van der Waals surface area contributed by atoms with Gasteiger partial charge in [0, 0.05) is 38.1 Å². The van der Waals surface area contributed by atoms with Gasteiger partial charge in [-0.3, -0.25) is 9.69 Å². The maximum atomic E-state index is 12.3. The lowest BCUT2D eigenvalue weighted by Gasteiger charge is -2.35. The molecule has 1 atom stereocenters. The molecule has 6 nitrogen and oxygen atoms in total. The molecule has 1 aromatic heterocycles. The fourth-order valence-corrected chi connectivity index (χ4v) is 3.18. The summed E-state index contributed by atoms with van der Waals surface area (Å²) in [6, 6.07) is 8.86. The molecule has 126 valence electrons. The number of nitrogens with zero attached hydrogens (tertiary/aromatic N) is 3. The summed E-state index contributed by atoms with van der Waals surface area (Å²) in [7, 11) is 0. The van der Waals surface area contributed by atoms with E-state index in [-0.39, 0.29) is 17.4 Å². The molecular weight excluding hydrogens is 302 g/mol. The highest BCUT2D eigenvalue weighted by Crippen LogP contribution is 2.21. The van der Waals surface area contributed by atoms with Crippen molar-refractivity contribution in [3.05, 3.63) is 53.5 Å². The molecule has 3 N–H and O–H groups in total. The molecule has 2 aromatic rings. The number of hydrogen-bond donors (Lipinski definition) is 2. The quantitative estimate of drug-likeness (QED) is 0.873. The Hall–Kier alpha value is -2.47. The molecule has 0 bridgehead atoms. The monoisotopic (exact) mass is 325 g/mol. The maximum absolute atomic E-state index is 12.3. The Labute approximate surface area is 142 Å². The first kappa shape index (κ1) is 16.4. The van der Waals surface area contributed by atoms with Crippen molar-refractivity contribution in [3.63, 3.8) is 0 Å². The first-order chi connectivity index (χ1) is 11.7. The Morgan fingerprint density at radius 1 is 1.29 bits per heavy atom. The van der Waals surface area contributed by atoms with Crippen molar-refractivity contribution < 1.29 is 4.79 Å². The summed E-state index contributed by atoms with van der Waals surface area (Å²) in [5.41, 5.74) is 8.71. The number of carbonyl (C=O) groups excluding carboxylic acids is 1. The second kappa shape index (κ2) is 7.40. The van der Waals surface area contributed by atoms with E-state index in [1.54, 1.807) is 0 Å². The molecule has 0 aliphatic carbocycles. The van der Waals surface area contributed by atoms with E-state index >= 15 is 0 Å². The molecule has 1 aliphatic rings. The Bertz CT molecular complexity index is 718. The topological polar surface area (TPSA) is 84.1 Å². The molecule has 6 heteroatoms. The van der Waals surface area contributed by atoms with Gasteiger partial charge in [0.25, 0.3) is 5.91 Å². The lowest BCUT2D eigenvalue weighted by atomic mass is 9.98. The lowest BCUT2D eigenvalue weighted by molar-refractivity contribution is 0.0922. The highest BCUT2D eigenvalue weighted by Gasteiger charge is 2.23. The number of benzene rings is 1. The minimum Gasteiger partial charge on any atom is -0.382 e. The average Bonchev–Trinajstić information content (AvgIpc) is 2.62. The van der Waals surface area contributed by atoms with E-state index in [0.29, 0.717) is 12.6 Å². The minimum absolute atomic E-state index is 0.162. The number of anilines is 1. The largest absolute Gasteiger partial charge is 0.382 e. The van der Waals surface area contributed by atoms with Crippen molar-refractivity contribution in [1.29, 1.82) is 0 Å². The van der Waals surface area contributed by atoms with Crippen molar-refractivity contribution in [2.24, 2.45) is 0 Å². The van der Waals surface area contributed by atoms with E-state index in [1.807, 2.05) is 0 Å². The number of fused-ring (bicyclic) bond motifs is 1. The number of amides is 1. The third kappa shape index (κ3) is 3.54. The van der Waals surface area contributed by atoms with Crippen LogP contribution in [0.2, 0.25) is 0 Å². The molecule has 0 spiro atoms. The van der Waals surface area contributed by atoms with Crippen molar-refractivity contribution in [1.82, 2.24) is 20.2 Å². The van der Waals surface area contributed by atoms with Crippen molar-refractivity contribution in [2.45, 2.75) is 32.4 Å². The van der Waals surface area contributed by atoms with Crippen LogP contribution in [0.3, 0.4) is 0 Å². The van der Waals surface area contributed by atoms with Gasteiger partial charge >= 0.3 is 0 Å². The van der Waals surface area contributed by atoms with Gasteiger partial charge in [-0.1, -0.05) is 31.2 Å². The molecule has 1 aromatic carbocycles. The van der Waals surface area contributed by atoms with Gasteiger partial charge in [0.15, 0.2) is 11.5 Å². The van der Waals surface area contributed by atoms with Crippen LogP contribution in [0.1, 0.15) is 35.0 Å². The fourth-order valence-electron chi connectivity index (χ4n) is 3.18. The molecule has 2 heterocycles. The number of nitrogen functional groups attached to an aromatic ring is 1. The number of rotatable bonds is 5. The molecule has 1 amide bonds. The Kier molecular flexibility index (Phi) is 5.05. The van der Waals surface area contributed by atoms with Gasteiger partial charge in [-0.25, -0.2) is 9.97 Å². The normalized spacial score (nSPS) is 15.5. The van der Waals surface area contributed by atoms with Crippen LogP contribution in [0.15, 0.2) is 36.7 Å². The minimum atomic E-state index is -0.267. The van der Waals surface area contributed by atoms with Gasteiger partial charge in [-0.15, -0.1) is 0 Å². The zero-order chi connectivity index (χ0) is 16.9. The summed E-state index contributed by atoms with van der Waals surface area (Å²) in [5.74, 6) is -0.105. The lowest BCUT2D eigenvalue weighted by Crippen LogP contribution is -2.45. The number of nitrogens with one attached hydrogen (secondary N) is 1. The van der Waals surface area contributed by atoms with Crippen LogP contribution in [-0.4, -0.2) is 39.9 Å². The van der Waals surface area contributed by atoms with Crippen molar-refractivity contribution in [2.75, 3.05) is 18.8 Å². The van der Waals surface area contributed by atoms with E-state index < -0.39 is 0 Å². The third-order valence-electron chi connectivity index (χ3n) is 4.59. The van der Waals surface area contributed by atoms with Crippen LogP contribution in [0.25, 0.3) is 0 Å². The number of aromatic nitrogens is 2. The molecule has 0 saturated heterocycles. The van der Waals surface area contributed by atoms with E-state index in [0.717, 1.165) is 25.9 Å². The molecule has 0 radical (unpaired) electrons. The summed E-state index contributed by atoms with van der Waals surface area (Å²) >= 11 is 0. The standard InChI is InChI=1S/C18H23N5O/c1-2-15(11-22-18(24)16-17(19)21-9-8-20-16)23-10-7-13-5-3-4-6-14(13)12-23/h3-6,8-9,15H,2,7,10-12H2,1H3,(H2,19,21)(H,22,24)/t15-/m1/s1. The fraction of sp³-hybridized carbons (Fsp3) is 0.389. The van der Waals surface area contributed by atoms with Gasteiger partial charge in [-0.05, 0) is 24.0 Å². The summed E-state index contributed by atoms with van der Waals surface area (Å²) < 4.78 is 0. The van der Waals surface area contributed by atoms with Gasteiger partial charge in [0.05, 0.1) is 0 Å². The molecule has 24 heavy (non-hydrogen) atoms. The van der Waals surface area contributed by atoms with E-state index in [9.17, 15) is 4.79 Å². The first-order valence-electron chi connectivity index (χ1n) is 8.34. The zero-order valence-electron chi connectivity index (χ0n) is 13.9. The second-order valence-corrected chi connectivity index (χ2v) is 6.05. The molecule has 0 fully saturated rings. The molecule has 0 saturated carbocycles. The van der Waals surface area contributed by atoms with Crippen LogP contribution < -0.4 is 11.1 Å². The molecule has 3 rings (SSSR count). The van der Waals surface area contributed by atoms with E-state index in [4.69, 9.17) is 5.73 Å².